The molecule has 1 N–H and O–H groups in total. The second-order valence-electron chi connectivity index (χ2n) is 6.19. The van der Waals surface area contributed by atoms with Gasteiger partial charge in [-0.3, -0.25) is 4.79 Å². The zero-order chi connectivity index (χ0) is 21.0. The van der Waals surface area contributed by atoms with Gasteiger partial charge in [0.1, 0.15) is 6.61 Å². The van der Waals surface area contributed by atoms with E-state index in [9.17, 15) is 22.8 Å². The van der Waals surface area contributed by atoms with E-state index in [-0.39, 0.29) is 16.9 Å². The first-order valence-corrected chi connectivity index (χ1v) is 8.53. The number of carbonyl (C=O) groups excluding carboxylic acids is 2. The first-order chi connectivity index (χ1) is 13.8. The molecular formula is C21H16F3NO4. The van der Waals surface area contributed by atoms with Crippen molar-refractivity contribution in [2.75, 3.05) is 5.32 Å². The number of alkyl halides is 3. The fourth-order valence-electron chi connectivity index (χ4n) is 2.62. The molecule has 0 aliphatic carbocycles. The zero-order valence-corrected chi connectivity index (χ0v) is 15.2. The third-order valence-electron chi connectivity index (χ3n) is 4.15. The van der Waals surface area contributed by atoms with Crippen molar-refractivity contribution in [1.29, 1.82) is 0 Å². The Bertz CT molecular complexity index is 1030. The van der Waals surface area contributed by atoms with Crippen LogP contribution in [0.25, 0.3) is 0 Å². The highest BCUT2D eigenvalue weighted by Crippen LogP contribution is 2.32. The van der Waals surface area contributed by atoms with Crippen LogP contribution in [0.15, 0.2) is 65.3 Å². The van der Waals surface area contributed by atoms with E-state index in [4.69, 9.17) is 9.15 Å². The number of hydrogen-bond acceptors (Lipinski definition) is 4. The van der Waals surface area contributed by atoms with Crippen molar-refractivity contribution in [1.82, 2.24) is 0 Å². The lowest BCUT2D eigenvalue weighted by atomic mass is 10.1. The van der Waals surface area contributed by atoms with E-state index in [1.165, 1.54) is 42.7 Å². The van der Waals surface area contributed by atoms with Crippen LogP contribution in [0.3, 0.4) is 0 Å². The number of esters is 1. The van der Waals surface area contributed by atoms with Crippen molar-refractivity contribution in [3.8, 4) is 0 Å². The highest BCUT2D eigenvalue weighted by molar-refractivity contribution is 6.03. The Morgan fingerprint density at radius 3 is 2.52 bits per heavy atom. The van der Waals surface area contributed by atoms with Crippen LogP contribution in [-0.4, -0.2) is 11.9 Å². The Labute approximate surface area is 164 Å². The molecule has 1 aromatic heterocycles. The summed E-state index contributed by atoms with van der Waals surface area (Å²) in [5.41, 5.74) is 0.130. The fraction of sp³-hybridized carbons (Fsp3) is 0.143. The van der Waals surface area contributed by atoms with Gasteiger partial charge < -0.3 is 14.5 Å². The second kappa shape index (κ2) is 8.22. The number of halogens is 3. The number of furan rings is 1. The average molecular weight is 403 g/mol. The van der Waals surface area contributed by atoms with Gasteiger partial charge in [0.2, 0.25) is 0 Å². The first kappa shape index (κ1) is 20.2. The molecule has 8 heteroatoms. The average Bonchev–Trinajstić information content (AvgIpc) is 3.22. The summed E-state index contributed by atoms with van der Waals surface area (Å²) >= 11 is 0. The molecule has 0 saturated heterocycles. The quantitative estimate of drug-likeness (QED) is 0.594. The Balaban J connectivity index is 1.73. The van der Waals surface area contributed by atoms with Gasteiger partial charge >= 0.3 is 12.1 Å². The molecule has 0 aliphatic heterocycles. The molecule has 29 heavy (non-hydrogen) atoms. The summed E-state index contributed by atoms with van der Waals surface area (Å²) in [4.78, 5) is 24.4. The molecule has 0 unspecified atom stereocenters. The Morgan fingerprint density at radius 2 is 1.83 bits per heavy atom. The van der Waals surface area contributed by atoms with Gasteiger partial charge in [0.05, 0.1) is 17.4 Å². The molecule has 0 atom stereocenters. The monoisotopic (exact) mass is 403 g/mol. The molecule has 2 aromatic carbocycles. The molecule has 0 bridgehead atoms. The van der Waals surface area contributed by atoms with Crippen molar-refractivity contribution in [2.24, 2.45) is 0 Å². The second-order valence-corrected chi connectivity index (χ2v) is 6.19. The van der Waals surface area contributed by atoms with E-state index in [1.807, 2.05) is 0 Å². The van der Waals surface area contributed by atoms with E-state index < -0.39 is 30.2 Å². The van der Waals surface area contributed by atoms with Gasteiger partial charge in [-0.2, -0.15) is 13.2 Å². The van der Waals surface area contributed by atoms with Crippen LogP contribution in [0.2, 0.25) is 0 Å². The van der Waals surface area contributed by atoms with Gasteiger partial charge in [-0.1, -0.05) is 24.3 Å². The minimum atomic E-state index is -4.55. The number of ether oxygens (including phenoxy) is 1. The number of amides is 1. The molecule has 3 rings (SSSR count). The molecule has 0 radical (unpaired) electrons. The number of anilines is 1. The topological polar surface area (TPSA) is 68.5 Å². The molecule has 5 nitrogen and oxygen atoms in total. The third-order valence-corrected chi connectivity index (χ3v) is 4.15. The van der Waals surface area contributed by atoms with Gasteiger partial charge in [-0.25, -0.2) is 4.79 Å². The van der Waals surface area contributed by atoms with Crippen LogP contribution in [0.5, 0.6) is 0 Å². The molecule has 0 spiro atoms. The van der Waals surface area contributed by atoms with Crippen molar-refractivity contribution in [3.05, 3.63) is 88.9 Å². The lowest BCUT2D eigenvalue weighted by Gasteiger charge is -2.13. The number of rotatable bonds is 5. The highest BCUT2D eigenvalue weighted by atomic mass is 19.4. The maximum Gasteiger partial charge on any atom is 0.416 e. The van der Waals surface area contributed by atoms with Crippen LogP contribution in [-0.2, 0) is 17.5 Å². The maximum absolute atomic E-state index is 13.0. The van der Waals surface area contributed by atoms with Crippen molar-refractivity contribution >= 4 is 17.6 Å². The van der Waals surface area contributed by atoms with Gasteiger partial charge in [-0.15, -0.1) is 0 Å². The van der Waals surface area contributed by atoms with E-state index in [0.29, 0.717) is 11.3 Å². The van der Waals surface area contributed by atoms with Gasteiger partial charge in [0.25, 0.3) is 5.91 Å². The molecule has 0 fully saturated rings. The zero-order valence-electron chi connectivity index (χ0n) is 15.2. The molecule has 1 heterocycles. The van der Waals surface area contributed by atoms with Gasteiger partial charge in [0.15, 0.2) is 5.76 Å². The molecule has 3 aromatic rings. The molecule has 1 amide bonds. The Kier molecular flexibility index (Phi) is 5.72. The van der Waals surface area contributed by atoms with Crippen LogP contribution in [0, 0.1) is 6.92 Å². The van der Waals surface area contributed by atoms with Crippen LogP contribution < -0.4 is 5.32 Å². The maximum atomic E-state index is 13.0. The minimum Gasteiger partial charge on any atom is -0.459 e. The lowest BCUT2D eigenvalue weighted by Crippen LogP contribution is -2.14. The summed E-state index contributed by atoms with van der Waals surface area (Å²) in [5.74, 6) is -1.21. The number of hydrogen-bond donors (Lipinski definition) is 1. The van der Waals surface area contributed by atoms with Crippen molar-refractivity contribution < 1.29 is 31.9 Å². The predicted octanol–water partition coefficient (Wildman–Crippen LogP) is 5.22. The fourth-order valence-corrected chi connectivity index (χ4v) is 2.62. The van der Waals surface area contributed by atoms with Crippen LogP contribution in [0.1, 0.15) is 37.6 Å². The molecular weight excluding hydrogens is 387 g/mol. The molecule has 0 saturated carbocycles. The van der Waals surface area contributed by atoms with E-state index in [1.54, 1.807) is 19.1 Å². The van der Waals surface area contributed by atoms with Crippen LogP contribution in [0.4, 0.5) is 18.9 Å². The predicted molar refractivity (Wildman–Crippen MR) is 98.4 cm³/mol. The van der Waals surface area contributed by atoms with Crippen LogP contribution >= 0.6 is 0 Å². The smallest absolute Gasteiger partial charge is 0.416 e. The highest BCUT2D eigenvalue weighted by Gasteiger charge is 2.33. The van der Waals surface area contributed by atoms with E-state index in [2.05, 4.69) is 5.32 Å². The standard InChI is InChI=1S/C21H16F3NO4/c1-13-8-9-14(11-17(13)25-19(26)18-7-4-10-28-18)20(27)29-12-15-5-2-3-6-16(15)21(22,23)24/h2-11H,12H2,1H3,(H,25,26). The number of nitrogens with one attached hydrogen (secondary N) is 1. The summed E-state index contributed by atoms with van der Waals surface area (Å²) in [5, 5.41) is 2.62. The SMILES string of the molecule is Cc1ccc(C(=O)OCc2ccccc2C(F)(F)F)cc1NC(=O)c1ccco1. The lowest BCUT2D eigenvalue weighted by molar-refractivity contribution is -0.138. The molecule has 150 valence electrons. The Hall–Kier alpha value is -3.55. The summed E-state index contributed by atoms with van der Waals surface area (Å²) in [7, 11) is 0. The molecule has 0 aliphatic rings. The van der Waals surface area contributed by atoms with Crippen molar-refractivity contribution in [3.63, 3.8) is 0 Å². The number of aryl methyl sites for hydroxylation is 1. The number of benzene rings is 2. The van der Waals surface area contributed by atoms with E-state index >= 15 is 0 Å². The largest absolute Gasteiger partial charge is 0.459 e. The van der Waals surface area contributed by atoms with Gasteiger partial charge in [0, 0.05) is 11.3 Å². The summed E-state index contributed by atoms with van der Waals surface area (Å²) < 4.78 is 49.2. The summed E-state index contributed by atoms with van der Waals surface area (Å²) in [6.07, 6.45) is -3.19. The minimum absolute atomic E-state index is 0.0924. The normalized spacial score (nSPS) is 11.2. The number of carbonyl (C=O) groups is 2. The van der Waals surface area contributed by atoms with Gasteiger partial charge in [-0.05, 0) is 42.8 Å². The van der Waals surface area contributed by atoms with Crippen molar-refractivity contribution in [2.45, 2.75) is 19.7 Å². The summed E-state index contributed by atoms with van der Waals surface area (Å²) in [6, 6.07) is 12.4. The first-order valence-electron chi connectivity index (χ1n) is 8.53. The third kappa shape index (κ3) is 4.84. The Morgan fingerprint density at radius 1 is 1.07 bits per heavy atom. The summed E-state index contributed by atoms with van der Waals surface area (Å²) in [6.45, 7) is 1.20. The van der Waals surface area contributed by atoms with E-state index in [0.717, 1.165) is 6.07 Å².